The van der Waals surface area contributed by atoms with Crippen LogP contribution in [0.25, 0.3) is 11.2 Å². The maximum Gasteiger partial charge on any atom is 0.287 e. The number of amides is 1. The molecule has 6 heteroatoms. The maximum absolute atomic E-state index is 12.2. The molecule has 0 unspecified atom stereocenters. The highest BCUT2D eigenvalue weighted by atomic mass is 16.3. The van der Waals surface area contributed by atoms with Crippen LogP contribution in [0.4, 0.5) is 0 Å². The molecule has 6 nitrogen and oxygen atoms in total. The minimum Gasteiger partial charge on any atom is -0.396 e. The highest BCUT2D eigenvalue weighted by Gasteiger charge is 2.24. The average molecular weight is 274 g/mol. The number of aromatic nitrogens is 3. The fraction of sp³-hybridized carbons (Fsp3) is 0.500. The molecule has 0 radical (unpaired) electrons. The van der Waals surface area contributed by atoms with Crippen molar-refractivity contribution in [1.82, 2.24) is 20.3 Å². The van der Waals surface area contributed by atoms with Crippen LogP contribution in [-0.4, -0.2) is 38.6 Å². The molecule has 1 aliphatic rings. The molecule has 0 saturated heterocycles. The molecule has 0 aliphatic heterocycles. The number of pyridine rings is 1. The third-order valence-corrected chi connectivity index (χ3v) is 3.85. The largest absolute Gasteiger partial charge is 0.396 e. The number of imidazole rings is 1. The van der Waals surface area contributed by atoms with Crippen molar-refractivity contribution in [3.05, 3.63) is 24.2 Å². The predicted octanol–water partition coefficient (Wildman–Crippen LogP) is 1.24. The van der Waals surface area contributed by atoms with Gasteiger partial charge in [-0.05, 0) is 37.3 Å². The van der Waals surface area contributed by atoms with E-state index >= 15 is 0 Å². The topological polar surface area (TPSA) is 90.9 Å². The number of H-pyrrole nitrogens is 1. The van der Waals surface area contributed by atoms with Gasteiger partial charge < -0.3 is 15.4 Å². The van der Waals surface area contributed by atoms with Crippen LogP contribution >= 0.6 is 0 Å². The van der Waals surface area contributed by atoms with Crippen molar-refractivity contribution in [2.75, 3.05) is 6.61 Å². The van der Waals surface area contributed by atoms with Gasteiger partial charge in [-0.3, -0.25) is 4.79 Å². The van der Waals surface area contributed by atoms with Crippen molar-refractivity contribution in [3.63, 3.8) is 0 Å². The molecule has 0 bridgehead atoms. The quantitative estimate of drug-likeness (QED) is 0.785. The molecule has 3 rings (SSSR count). The summed E-state index contributed by atoms with van der Waals surface area (Å²) in [6, 6.07) is 3.76. The van der Waals surface area contributed by atoms with E-state index in [0.717, 1.165) is 31.2 Å². The lowest BCUT2D eigenvalue weighted by molar-refractivity contribution is 0.0896. The second-order valence-corrected chi connectivity index (χ2v) is 5.35. The van der Waals surface area contributed by atoms with E-state index in [4.69, 9.17) is 0 Å². The Kier molecular flexibility index (Phi) is 3.64. The minimum absolute atomic E-state index is 0.120. The summed E-state index contributed by atoms with van der Waals surface area (Å²) in [4.78, 5) is 23.4. The maximum atomic E-state index is 12.2. The second-order valence-electron chi connectivity index (χ2n) is 5.35. The molecular weight excluding hydrogens is 256 g/mol. The Labute approximate surface area is 116 Å². The van der Waals surface area contributed by atoms with Crippen molar-refractivity contribution in [2.45, 2.75) is 31.7 Å². The Morgan fingerprint density at radius 2 is 2.40 bits per heavy atom. The number of aliphatic hydroxyl groups is 1. The fourth-order valence-corrected chi connectivity index (χ4v) is 2.79. The van der Waals surface area contributed by atoms with Crippen molar-refractivity contribution in [2.24, 2.45) is 5.92 Å². The zero-order valence-electron chi connectivity index (χ0n) is 11.2. The van der Waals surface area contributed by atoms with E-state index in [-0.39, 0.29) is 18.6 Å². The summed E-state index contributed by atoms with van der Waals surface area (Å²) in [5.41, 5.74) is 1.31. The summed E-state index contributed by atoms with van der Waals surface area (Å²) < 4.78 is 0. The first kappa shape index (κ1) is 13.1. The Morgan fingerprint density at radius 1 is 1.50 bits per heavy atom. The van der Waals surface area contributed by atoms with Gasteiger partial charge in [-0.2, -0.15) is 0 Å². The predicted molar refractivity (Wildman–Crippen MR) is 74.2 cm³/mol. The number of carbonyl (C=O) groups excluding carboxylic acids is 1. The third-order valence-electron chi connectivity index (χ3n) is 3.85. The highest BCUT2D eigenvalue weighted by Crippen LogP contribution is 2.23. The Balaban J connectivity index is 1.69. The van der Waals surface area contributed by atoms with Crippen LogP contribution in [0.1, 0.15) is 36.3 Å². The van der Waals surface area contributed by atoms with E-state index in [9.17, 15) is 9.90 Å². The van der Waals surface area contributed by atoms with Crippen LogP contribution in [0.3, 0.4) is 0 Å². The number of hydrogen-bond donors (Lipinski definition) is 3. The summed E-state index contributed by atoms with van der Waals surface area (Å²) in [5.74, 6) is 0.391. The van der Waals surface area contributed by atoms with Gasteiger partial charge >= 0.3 is 0 Å². The van der Waals surface area contributed by atoms with E-state index in [1.54, 1.807) is 12.3 Å². The molecule has 1 aliphatic carbocycles. The van der Waals surface area contributed by atoms with Crippen LogP contribution in [0.5, 0.6) is 0 Å². The van der Waals surface area contributed by atoms with Gasteiger partial charge in [0.25, 0.3) is 5.91 Å². The number of hydrogen-bond acceptors (Lipinski definition) is 4. The molecule has 20 heavy (non-hydrogen) atoms. The molecule has 2 atom stereocenters. The van der Waals surface area contributed by atoms with E-state index in [2.05, 4.69) is 20.3 Å². The summed E-state index contributed by atoms with van der Waals surface area (Å²) >= 11 is 0. The molecule has 2 aromatic heterocycles. The number of rotatable bonds is 3. The summed E-state index contributed by atoms with van der Waals surface area (Å²) in [5, 5.41) is 12.2. The first-order chi connectivity index (χ1) is 9.76. The molecule has 2 heterocycles. The smallest absolute Gasteiger partial charge is 0.287 e. The van der Waals surface area contributed by atoms with Crippen molar-refractivity contribution in [3.8, 4) is 0 Å². The molecule has 1 amide bonds. The van der Waals surface area contributed by atoms with Gasteiger partial charge in [0, 0.05) is 18.8 Å². The molecule has 1 fully saturated rings. The molecule has 2 aromatic rings. The van der Waals surface area contributed by atoms with Gasteiger partial charge in [0.15, 0.2) is 11.5 Å². The zero-order chi connectivity index (χ0) is 13.9. The van der Waals surface area contributed by atoms with Gasteiger partial charge in [0.1, 0.15) is 0 Å². The SMILES string of the molecule is O=C(N[C@H]1CCC[C@@H](CO)C1)c1nc2ncccc2[nH]1. The van der Waals surface area contributed by atoms with Gasteiger partial charge in [-0.15, -0.1) is 0 Å². The monoisotopic (exact) mass is 274 g/mol. The number of nitrogens with zero attached hydrogens (tertiary/aromatic N) is 2. The number of aliphatic hydroxyl groups excluding tert-OH is 1. The molecule has 3 N–H and O–H groups in total. The Morgan fingerprint density at radius 3 is 3.20 bits per heavy atom. The molecule has 0 spiro atoms. The summed E-state index contributed by atoms with van der Waals surface area (Å²) in [6.07, 6.45) is 5.52. The fourth-order valence-electron chi connectivity index (χ4n) is 2.79. The molecule has 1 saturated carbocycles. The number of fused-ring (bicyclic) bond motifs is 1. The third kappa shape index (κ3) is 2.65. The van der Waals surface area contributed by atoms with E-state index < -0.39 is 0 Å². The van der Waals surface area contributed by atoms with Crippen LogP contribution < -0.4 is 5.32 Å². The van der Waals surface area contributed by atoms with Gasteiger partial charge in [0.2, 0.25) is 0 Å². The van der Waals surface area contributed by atoms with Crippen LogP contribution in [0, 0.1) is 5.92 Å². The first-order valence-corrected chi connectivity index (χ1v) is 6.98. The van der Waals surface area contributed by atoms with Crippen LogP contribution in [0.15, 0.2) is 18.3 Å². The summed E-state index contributed by atoms with van der Waals surface area (Å²) in [6.45, 7) is 0.195. The van der Waals surface area contributed by atoms with E-state index in [0.29, 0.717) is 17.4 Å². The first-order valence-electron chi connectivity index (χ1n) is 6.98. The normalized spacial score (nSPS) is 22.9. The van der Waals surface area contributed by atoms with Crippen LogP contribution in [-0.2, 0) is 0 Å². The number of nitrogens with one attached hydrogen (secondary N) is 2. The van der Waals surface area contributed by atoms with Gasteiger partial charge in [0.05, 0.1) is 5.52 Å². The second kappa shape index (κ2) is 5.58. The Hall–Kier alpha value is -1.95. The number of aromatic amines is 1. The average Bonchev–Trinajstić information content (AvgIpc) is 2.91. The molecule has 106 valence electrons. The molecule has 0 aromatic carbocycles. The van der Waals surface area contributed by atoms with E-state index in [1.807, 2.05) is 6.07 Å². The number of carbonyl (C=O) groups is 1. The lowest BCUT2D eigenvalue weighted by Crippen LogP contribution is -2.39. The lowest BCUT2D eigenvalue weighted by Gasteiger charge is -2.28. The Bertz CT molecular complexity index is 577. The van der Waals surface area contributed by atoms with Crippen molar-refractivity contribution in [1.29, 1.82) is 0 Å². The van der Waals surface area contributed by atoms with Gasteiger partial charge in [-0.1, -0.05) is 6.42 Å². The lowest BCUT2D eigenvalue weighted by atomic mass is 9.86. The van der Waals surface area contributed by atoms with Crippen LogP contribution in [0.2, 0.25) is 0 Å². The zero-order valence-corrected chi connectivity index (χ0v) is 11.2. The molecular formula is C14H18N4O2. The van der Waals surface area contributed by atoms with E-state index in [1.165, 1.54) is 0 Å². The summed E-state index contributed by atoms with van der Waals surface area (Å²) in [7, 11) is 0. The highest BCUT2D eigenvalue weighted by molar-refractivity contribution is 5.93. The van der Waals surface area contributed by atoms with Gasteiger partial charge in [-0.25, -0.2) is 9.97 Å². The van der Waals surface area contributed by atoms with Crippen molar-refractivity contribution < 1.29 is 9.90 Å². The minimum atomic E-state index is -0.202. The van der Waals surface area contributed by atoms with Crippen molar-refractivity contribution >= 4 is 17.1 Å². The standard InChI is InChI=1S/C14H18N4O2/c19-8-9-3-1-4-10(7-9)16-14(20)13-17-11-5-2-6-15-12(11)18-13/h2,5-6,9-10,19H,1,3-4,7-8H2,(H,16,20)(H,15,17,18)/t9-,10+/m1/s1.